The van der Waals surface area contributed by atoms with Crippen molar-refractivity contribution >= 4 is 28.2 Å². The number of carbonyl (C=O) groups is 1. The number of nitrogens with zero attached hydrogens (tertiary/aromatic N) is 2. The van der Waals surface area contributed by atoms with E-state index in [1.165, 1.54) is 6.33 Å². The van der Waals surface area contributed by atoms with Gasteiger partial charge in [0, 0.05) is 35.7 Å². The molecule has 1 heterocycles. The van der Waals surface area contributed by atoms with Crippen LogP contribution in [0.5, 0.6) is 11.5 Å². The third-order valence-corrected chi connectivity index (χ3v) is 4.73. The fourth-order valence-corrected chi connectivity index (χ4v) is 3.11. The molecule has 0 aliphatic rings. The minimum absolute atomic E-state index is 0.151. The van der Waals surface area contributed by atoms with Gasteiger partial charge in [-0.05, 0) is 37.2 Å². The predicted molar refractivity (Wildman–Crippen MR) is 123 cm³/mol. The fraction of sp³-hybridized carbons (Fsp3) is 0.292. The normalized spacial score (nSPS) is 10.5. The fourth-order valence-electron chi connectivity index (χ4n) is 3.11. The molecule has 3 rings (SSSR count). The maximum atomic E-state index is 11.1. The summed E-state index contributed by atoms with van der Waals surface area (Å²) >= 11 is 0. The van der Waals surface area contributed by atoms with E-state index >= 15 is 0 Å². The Bertz CT molecular complexity index is 1110. The highest BCUT2D eigenvalue weighted by atomic mass is 16.5. The minimum atomic E-state index is -0.402. The maximum absolute atomic E-state index is 11.1. The lowest BCUT2D eigenvalue weighted by molar-refractivity contribution is -0.121. The summed E-state index contributed by atoms with van der Waals surface area (Å²) in [6.45, 7) is 1.28. The Kier molecular flexibility index (Phi) is 8.37. The highest BCUT2D eigenvalue weighted by molar-refractivity contribution is 5.93. The van der Waals surface area contributed by atoms with E-state index < -0.39 is 6.61 Å². The van der Waals surface area contributed by atoms with E-state index in [2.05, 4.69) is 26.5 Å². The lowest BCUT2D eigenvalue weighted by atomic mass is 10.2. The number of carbonyl (C=O) groups excluding carboxylic acids is 1. The Hall–Kier alpha value is -3.67. The molecule has 0 atom stereocenters. The molecule has 0 saturated heterocycles. The number of aromatic nitrogens is 2. The van der Waals surface area contributed by atoms with Crippen molar-refractivity contribution in [3.05, 3.63) is 48.3 Å². The smallest absolute Gasteiger partial charge is 0.162 e. The van der Waals surface area contributed by atoms with E-state index in [1.54, 1.807) is 7.11 Å². The SMILES string of the molecule is C#Cc1cccc(Nc2ncnc3cc(OC)c(OCCNCCCC(=O)CO)cc23)c1. The van der Waals surface area contributed by atoms with Crippen LogP contribution in [0.25, 0.3) is 10.9 Å². The van der Waals surface area contributed by atoms with Crippen molar-refractivity contribution in [1.82, 2.24) is 15.3 Å². The van der Waals surface area contributed by atoms with Crippen LogP contribution in [0.4, 0.5) is 11.5 Å². The zero-order chi connectivity index (χ0) is 22.8. The average Bonchev–Trinajstić information content (AvgIpc) is 2.83. The molecule has 0 amide bonds. The lowest BCUT2D eigenvalue weighted by Crippen LogP contribution is -2.23. The number of fused-ring (bicyclic) bond motifs is 1. The molecule has 3 aromatic rings. The second kappa shape index (κ2) is 11.6. The van der Waals surface area contributed by atoms with Crippen molar-refractivity contribution in [3.8, 4) is 23.8 Å². The number of aliphatic hydroxyl groups is 1. The van der Waals surface area contributed by atoms with E-state index in [-0.39, 0.29) is 5.78 Å². The number of terminal acetylenes is 1. The van der Waals surface area contributed by atoms with Crippen molar-refractivity contribution in [3.63, 3.8) is 0 Å². The number of hydrogen-bond acceptors (Lipinski definition) is 8. The van der Waals surface area contributed by atoms with Crippen LogP contribution in [-0.4, -0.2) is 54.3 Å². The van der Waals surface area contributed by atoms with Crippen molar-refractivity contribution in [2.24, 2.45) is 0 Å². The monoisotopic (exact) mass is 434 g/mol. The summed E-state index contributed by atoms with van der Waals surface area (Å²) in [5.74, 6) is 4.25. The van der Waals surface area contributed by atoms with Gasteiger partial charge in [-0.15, -0.1) is 6.42 Å². The van der Waals surface area contributed by atoms with Crippen molar-refractivity contribution < 1.29 is 19.4 Å². The lowest BCUT2D eigenvalue weighted by Gasteiger charge is -2.14. The Morgan fingerprint density at radius 2 is 2.06 bits per heavy atom. The molecule has 0 bridgehead atoms. The predicted octanol–water partition coefficient (Wildman–Crippen LogP) is 2.67. The molecule has 32 heavy (non-hydrogen) atoms. The number of hydrogen-bond donors (Lipinski definition) is 3. The van der Waals surface area contributed by atoms with Crippen LogP contribution in [0.2, 0.25) is 0 Å². The van der Waals surface area contributed by atoms with Crippen molar-refractivity contribution in [1.29, 1.82) is 0 Å². The van der Waals surface area contributed by atoms with Crippen LogP contribution < -0.4 is 20.1 Å². The average molecular weight is 434 g/mol. The van der Waals surface area contributed by atoms with Crippen LogP contribution >= 0.6 is 0 Å². The summed E-state index contributed by atoms with van der Waals surface area (Å²) in [5, 5.41) is 16.0. The number of Topliss-reactive ketones (excluding diaryl/α,β-unsaturated/α-hetero) is 1. The third kappa shape index (κ3) is 6.17. The van der Waals surface area contributed by atoms with E-state index in [4.69, 9.17) is 21.0 Å². The van der Waals surface area contributed by atoms with Crippen molar-refractivity contribution in [2.45, 2.75) is 12.8 Å². The number of anilines is 2. The third-order valence-electron chi connectivity index (χ3n) is 4.73. The molecule has 8 nitrogen and oxygen atoms in total. The molecule has 3 N–H and O–H groups in total. The number of nitrogens with one attached hydrogen (secondary N) is 2. The first-order valence-corrected chi connectivity index (χ1v) is 10.3. The molecule has 0 aliphatic carbocycles. The highest BCUT2D eigenvalue weighted by Crippen LogP contribution is 2.34. The van der Waals surface area contributed by atoms with E-state index in [0.29, 0.717) is 55.4 Å². The second-order valence-corrected chi connectivity index (χ2v) is 6.99. The summed E-state index contributed by atoms with van der Waals surface area (Å²) in [6, 6.07) is 11.2. The Morgan fingerprint density at radius 1 is 1.19 bits per heavy atom. The van der Waals surface area contributed by atoms with Gasteiger partial charge < -0.3 is 25.2 Å². The molecular formula is C24H26N4O4. The minimum Gasteiger partial charge on any atom is -0.493 e. The quantitative estimate of drug-likeness (QED) is 0.295. The number of methoxy groups -OCH3 is 1. The van der Waals surface area contributed by atoms with Gasteiger partial charge in [-0.1, -0.05) is 12.0 Å². The zero-order valence-electron chi connectivity index (χ0n) is 17.9. The number of ether oxygens (including phenoxy) is 2. The number of rotatable bonds is 12. The van der Waals surface area contributed by atoms with Gasteiger partial charge in [0.2, 0.25) is 0 Å². The Morgan fingerprint density at radius 3 is 2.84 bits per heavy atom. The second-order valence-electron chi connectivity index (χ2n) is 6.99. The molecule has 2 aromatic carbocycles. The molecule has 0 saturated carbocycles. The van der Waals surface area contributed by atoms with Gasteiger partial charge in [0.05, 0.1) is 12.6 Å². The molecule has 1 aromatic heterocycles. The van der Waals surface area contributed by atoms with Gasteiger partial charge in [-0.25, -0.2) is 9.97 Å². The van der Waals surface area contributed by atoms with Crippen LogP contribution in [-0.2, 0) is 4.79 Å². The largest absolute Gasteiger partial charge is 0.493 e. The van der Waals surface area contributed by atoms with Crippen LogP contribution in [0.15, 0.2) is 42.7 Å². The molecule has 0 fully saturated rings. The zero-order valence-corrected chi connectivity index (χ0v) is 17.9. The number of aliphatic hydroxyl groups excluding tert-OH is 1. The summed E-state index contributed by atoms with van der Waals surface area (Å²) in [4.78, 5) is 19.8. The van der Waals surface area contributed by atoms with Gasteiger partial charge in [0.15, 0.2) is 17.3 Å². The van der Waals surface area contributed by atoms with Crippen LogP contribution in [0.3, 0.4) is 0 Å². The first kappa shape index (κ1) is 23.0. The molecule has 166 valence electrons. The van der Waals surface area contributed by atoms with E-state index in [9.17, 15) is 4.79 Å². The van der Waals surface area contributed by atoms with Gasteiger partial charge in [0.25, 0.3) is 0 Å². The summed E-state index contributed by atoms with van der Waals surface area (Å²) < 4.78 is 11.4. The topological polar surface area (TPSA) is 106 Å². The summed E-state index contributed by atoms with van der Waals surface area (Å²) in [5.41, 5.74) is 2.31. The number of benzene rings is 2. The first-order valence-electron chi connectivity index (χ1n) is 10.3. The van der Waals surface area contributed by atoms with Crippen LogP contribution in [0.1, 0.15) is 18.4 Å². The highest BCUT2D eigenvalue weighted by Gasteiger charge is 2.12. The molecule has 0 spiro atoms. The first-order chi connectivity index (χ1) is 15.6. The van der Waals surface area contributed by atoms with Crippen LogP contribution in [0, 0.1) is 12.3 Å². The maximum Gasteiger partial charge on any atom is 0.162 e. The Balaban J connectivity index is 1.69. The number of ketones is 1. The molecular weight excluding hydrogens is 408 g/mol. The standard InChI is InChI=1S/C24H26N4O4/c1-3-17-6-4-7-18(12-17)28-24-20-13-23(22(31-2)14-21(20)26-16-27-24)32-11-10-25-9-5-8-19(30)15-29/h1,4,6-7,12-14,16,25,29H,5,8-11,15H2,2H3,(H,26,27,28). The molecule has 0 radical (unpaired) electrons. The van der Waals surface area contributed by atoms with Gasteiger partial charge in [0.1, 0.15) is 25.4 Å². The van der Waals surface area contributed by atoms with E-state index in [0.717, 1.165) is 16.6 Å². The van der Waals surface area contributed by atoms with Crippen molar-refractivity contribution in [2.75, 3.05) is 38.7 Å². The van der Waals surface area contributed by atoms with Gasteiger partial charge in [-0.3, -0.25) is 4.79 Å². The molecule has 0 unspecified atom stereocenters. The van der Waals surface area contributed by atoms with E-state index in [1.807, 2.05) is 36.4 Å². The molecule has 0 aliphatic heterocycles. The summed E-state index contributed by atoms with van der Waals surface area (Å²) in [6.07, 6.45) is 8.02. The molecule has 8 heteroatoms. The Labute approximate surface area is 187 Å². The summed E-state index contributed by atoms with van der Waals surface area (Å²) in [7, 11) is 1.58. The van der Waals surface area contributed by atoms with Gasteiger partial charge in [-0.2, -0.15) is 0 Å². The van der Waals surface area contributed by atoms with Gasteiger partial charge >= 0.3 is 0 Å².